The van der Waals surface area contributed by atoms with E-state index in [1.165, 1.54) is 12.1 Å². The Kier molecular flexibility index (Phi) is 4.69. The van der Waals surface area contributed by atoms with E-state index < -0.39 is 4.92 Å². The fraction of sp³-hybridized carbons (Fsp3) is 0.231. The number of nitro groups is 1. The van der Waals surface area contributed by atoms with E-state index in [1.54, 1.807) is 19.2 Å². The molecule has 0 radical (unpaired) electrons. The van der Waals surface area contributed by atoms with Crippen molar-refractivity contribution >= 4 is 27.6 Å². The van der Waals surface area contributed by atoms with Crippen LogP contribution in [0, 0.1) is 17.0 Å². The minimum absolute atomic E-state index is 0.0492. The van der Waals surface area contributed by atoms with Crippen molar-refractivity contribution in [2.75, 3.05) is 11.9 Å². The van der Waals surface area contributed by atoms with E-state index in [9.17, 15) is 10.1 Å². The number of hydrogen-bond acceptors (Lipinski definition) is 6. The van der Waals surface area contributed by atoms with Crippen LogP contribution in [-0.2, 0) is 0 Å². The van der Waals surface area contributed by atoms with Gasteiger partial charge in [0.2, 0.25) is 11.8 Å². The number of hydrogen-bond donors (Lipinski definition) is 1. The van der Waals surface area contributed by atoms with E-state index in [0.29, 0.717) is 28.6 Å². The van der Waals surface area contributed by atoms with Crippen molar-refractivity contribution in [3.63, 3.8) is 0 Å². The zero-order valence-electron chi connectivity index (χ0n) is 11.5. The second-order valence-corrected chi connectivity index (χ2v) is 5.04. The number of aromatic nitrogens is 2. The first-order valence-corrected chi connectivity index (χ1v) is 7.00. The average molecular weight is 353 g/mol. The number of non-ortho nitro benzene ring substituents is 1. The molecule has 21 heavy (non-hydrogen) atoms. The number of nitrogens with one attached hydrogen (secondary N) is 1. The number of halogens is 1. The van der Waals surface area contributed by atoms with Crippen molar-refractivity contribution in [2.45, 2.75) is 13.8 Å². The van der Waals surface area contributed by atoms with Gasteiger partial charge in [0.05, 0.1) is 15.5 Å². The van der Waals surface area contributed by atoms with E-state index in [4.69, 9.17) is 4.74 Å². The lowest BCUT2D eigenvalue weighted by atomic mass is 10.3. The summed E-state index contributed by atoms with van der Waals surface area (Å²) in [6.07, 6.45) is 1.63. The van der Waals surface area contributed by atoms with E-state index in [2.05, 4.69) is 31.2 Å². The molecule has 1 aromatic heterocycles. The maximum Gasteiger partial charge on any atom is 0.273 e. The van der Waals surface area contributed by atoms with Gasteiger partial charge in [-0.15, -0.1) is 0 Å². The molecule has 0 bridgehead atoms. The van der Waals surface area contributed by atoms with E-state index in [1.807, 2.05) is 6.92 Å². The molecule has 0 spiro atoms. The van der Waals surface area contributed by atoms with Gasteiger partial charge in [0.25, 0.3) is 5.69 Å². The highest BCUT2D eigenvalue weighted by atomic mass is 79.9. The molecule has 1 N–H and O–H groups in total. The number of nitro benzene ring substituents is 1. The maximum absolute atomic E-state index is 10.8. The zero-order chi connectivity index (χ0) is 15.4. The van der Waals surface area contributed by atoms with Crippen molar-refractivity contribution < 1.29 is 9.66 Å². The number of nitrogens with zero attached hydrogens (tertiary/aromatic N) is 3. The van der Waals surface area contributed by atoms with Gasteiger partial charge in [-0.25, -0.2) is 4.98 Å². The smallest absolute Gasteiger partial charge is 0.273 e. The Morgan fingerprint density at radius 1 is 1.48 bits per heavy atom. The molecule has 2 rings (SSSR count). The van der Waals surface area contributed by atoms with Crippen molar-refractivity contribution in [1.29, 1.82) is 0 Å². The quantitative estimate of drug-likeness (QED) is 0.651. The summed E-state index contributed by atoms with van der Waals surface area (Å²) in [5, 5.41) is 13.8. The van der Waals surface area contributed by atoms with Crippen molar-refractivity contribution in [2.24, 2.45) is 0 Å². The second-order valence-electron chi connectivity index (χ2n) is 4.19. The van der Waals surface area contributed by atoms with Gasteiger partial charge in [-0.1, -0.05) is 0 Å². The highest BCUT2D eigenvalue weighted by Crippen LogP contribution is 2.33. The highest BCUT2D eigenvalue weighted by molar-refractivity contribution is 9.10. The molecule has 0 atom stereocenters. The Morgan fingerprint density at radius 2 is 2.24 bits per heavy atom. The molecule has 7 nitrogen and oxygen atoms in total. The Morgan fingerprint density at radius 3 is 2.90 bits per heavy atom. The Bertz CT molecular complexity index is 678. The molecule has 1 heterocycles. The van der Waals surface area contributed by atoms with Crippen LogP contribution in [0.25, 0.3) is 0 Å². The van der Waals surface area contributed by atoms with Crippen molar-refractivity contribution in [1.82, 2.24) is 9.97 Å². The molecule has 1 aromatic carbocycles. The lowest BCUT2D eigenvalue weighted by Gasteiger charge is -2.10. The molecule has 0 unspecified atom stereocenters. The third-order valence-electron chi connectivity index (χ3n) is 2.59. The molecular formula is C13H13BrN4O3. The predicted octanol–water partition coefficient (Wildman–Crippen LogP) is 3.68. The third kappa shape index (κ3) is 3.66. The zero-order valence-corrected chi connectivity index (χ0v) is 13.0. The van der Waals surface area contributed by atoms with Gasteiger partial charge < -0.3 is 10.1 Å². The fourth-order valence-corrected chi connectivity index (χ4v) is 1.89. The van der Waals surface area contributed by atoms with E-state index in [0.717, 1.165) is 5.56 Å². The van der Waals surface area contributed by atoms with Crippen molar-refractivity contribution in [3.8, 4) is 11.6 Å². The summed E-state index contributed by atoms with van der Waals surface area (Å²) in [5.41, 5.74) is 0.682. The molecule has 110 valence electrons. The highest BCUT2D eigenvalue weighted by Gasteiger charge is 2.13. The summed E-state index contributed by atoms with van der Waals surface area (Å²) in [5.74, 6) is 1.12. The van der Waals surface area contributed by atoms with Crippen LogP contribution in [0.3, 0.4) is 0 Å². The molecule has 0 aliphatic rings. The Hall–Kier alpha value is -2.22. The number of rotatable bonds is 5. The third-order valence-corrected chi connectivity index (χ3v) is 3.25. The number of ether oxygens (including phenoxy) is 1. The standard InChI is InChI=1S/C13H13BrN4O3/c1-3-15-13-16-7-8(2)12(17-13)21-11-6-9(18(19)20)4-5-10(11)14/h4-7H,3H2,1-2H3,(H,15,16,17). The number of aryl methyl sites for hydroxylation is 1. The molecular weight excluding hydrogens is 340 g/mol. The van der Waals surface area contributed by atoms with E-state index >= 15 is 0 Å². The van der Waals surface area contributed by atoms with Crippen molar-refractivity contribution in [3.05, 3.63) is 44.5 Å². The van der Waals surface area contributed by atoms with Crippen LogP contribution >= 0.6 is 15.9 Å². The summed E-state index contributed by atoms with van der Waals surface area (Å²) in [6, 6.07) is 4.31. The normalized spacial score (nSPS) is 10.2. The first-order valence-electron chi connectivity index (χ1n) is 6.20. The minimum Gasteiger partial charge on any atom is -0.437 e. The molecule has 0 saturated carbocycles. The molecule has 0 aliphatic heterocycles. The average Bonchev–Trinajstić information content (AvgIpc) is 2.45. The Labute approximate surface area is 129 Å². The van der Waals surface area contributed by atoms with Crippen LogP contribution < -0.4 is 10.1 Å². The summed E-state index contributed by atoms with van der Waals surface area (Å²) >= 11 is 3.30. The van der Waals surface area contributed by atoms with E-state index in [-0.39, 0.29) is 5.69 Å². The Balaban J connectivity index is 2.35. The van der Waals surface area contributed by atoms with Gasteiger partial charge in [-0.05, 0) is 35.8 Å². The van der Waals surface area contributed by atoms with Crippen LogP contribution in [0.1, 0.15) is 12.5 Å². The van der Waals surface area contributed by atoms with Gasteiger partial charge in [-0.2, -0.15) is 4.98 Å². The second kappa shape index (κ2) is 6.49. The molecule has 0 aliphatic carbocycles. The van der Waals surface area contributed by atoms with Crippen LogP contribution in [0.5, 0.6) is 11.6 Å². The fourth-order valence-electron chi connectivity index (χ4n) is 1.56. The van der Waals surface area contributed by atoms with Crippen LogP contribution in [0.4, 0.5) is 11.6 Å². The number of anilines is 1. The van der Waals surface area contributed by atoms with Crippen LogP contribution in [0.2, 0.25) is 0 Å². The first kappa shape index (κ1) is 15.2. The van der Waals surface area contributed by atoms with Crippen LogP contribution in [-0.4, -0.2) is 21.4 Å². The van der Waals surface area contributed by atoms with Crippen LogP contribution in [0.15, 0.2) is 28.9 Å². The molecule has 0 amide bonds. The summed E-state index contributed by atoms with van der Waals surface area (Å²) in [7, 11) is 0. The van der Waals surface area contributed by atoms with Gasteiger partial charge in [0, 0.05) is 24.4 Å². The topological polar surface area (TPSA) is 90.2 Å². The lowest BCUT2D eigenvalue weighted by molar-refractivity contribution is -0.384. The maximum atomic E-state index is 10.8. The number of benzene rings is 1. The van der Waals surface area contributed by atoms with Gasteiger partial charge in [-0.3, -0.25) is 10.1 Å². The van der Waals surface area contributed by atoms with Gasteiger partial charge in [0.1, 0.15) is 0 Å². The van der Waals surface area contributed by atoms with Gasteiger partial charge >= 0.3 is 0 Å². The minimum atomic E-state index is -0.476. The first-order chi connectivity index (χ1) is 10.0. The predicted molar refractivity (Wildman–Crippen MR) is 81.8 cm³/mol. The lowest BCUT2D eigenvalue weighted by Crippen LogP contribution is -2.04. The summed E-state index contributed by atoms with van der Waals surface area (Å²) < 4.78 is 6.28. The molecule has 0 saturated heterocycles. The molecule has 8 heteroatoms. The molecule has 2 aromatic rings. The monoisotopic (exact) mass is 352 g/mol. The largest absolute Gasteiger partial charge is 0.437 e. The summed E-state index contributed by atoms with van der Waals surface area (Å²) in [6.45, 7) is 4.42. The van der Waals surface area contributed by atoms with Gasteiger partial charge in [0.15, 0.2) is 5.75 Å². The summed E-state index contributed by atoms with van der Waals surface area (Å²) in [4.78, 5) is 18.7. The SMILES string of the molecule is CCNc1ncc(C)c(Oc2cc([N+](=O)[O-])ccc2Br)n1. The molecule has 0 fully saturated rings.